The molecule has 1 heterocycles. The number of piperidine rings is 1. The molecule has 4 fully saturated rings. The third kappa shape index (κ3) is 8.72. The second kappa shape index (κ2) is 15.5. The van der Waals surface area contributed by atoms with Crippen LogP contribution in [0.5, 0.6) is 0 Å². The van der Waals surface area contributed by atoms with E-state index in [9.17, 15) is 32.4 Å². The summed E-state index contributed by atoms with van der Waals surface area (Å²) in [6.07, 6.45) is 13.8. The molecule has 2 unspecified atom stereocenters. The summed E-state index contributed by atoms with van der Waals surface area (Å²) >= 11 is 0. The molecule has 1 saturated heterocycles. The van der Waals surface area contributed by atoms with E-state index < -0.39 is 68.5 Å². The lowest BCUT2D eigenvalue weighted by atomic mass is 9.83. The van der Waals surface area contributed by atoms with Crippen molar-refractivity contribution in [3.05, 3.63) is 12.7 Å². The zero-order valence-electron chi connectivity index (χ0n) is 30.4. The second-order valence-electron chi connectivity index (χ2n) is 16.5. The smallest absolute Gasteiger partial charge is 0.315 e. The predicted octanol–water partition coefficient (Wildman–Crippen LogP) is 3.01. The van der Waals surface area contributed by atoms with Crippen LogP contribution >= 0.6 is 0 Å². The molecule has 5 atom stereocenters. The fraction of sp³-hybridized carbons (Fsp3) is 0.757. The van der Waals surface area contributed by atoms with Crippen LogP contribution < -0.4 is 21.3 Å². The van der Waals surface area contributed by atoms with E-state index in [0.29, 0.717) is 25.7 Å². The number of hydrogen-bond donors (Lipinski definition) is 4. The van der Waals surface area contributed by atoms with E-state index >= 15 is 0 Å². The van der Waals surface area contributed by atoms with E-state index in [1.807, 2.05) is 34.6 Å². The molecule has 3 aliphatic carbocycles. The Bertz CT molecular complexity index is 1480. The van der Waals surface area contributed by atoms with Gasteiger partial charge in [-0.05, 0) is 54.8 Å². The van der Waals surface area contributed by atoms with E-state index in [4.69, 9.17) is 6.42 Å². The molecule has 0 aromatic carbocycles. The molecule has 4 rings (SSSR count). The van der Waals surface area contributed by atoms with Crippen LogP contribution in [0.25, 0.3) is 0 Å². The lowest BCUT2D eigenvalue weighted by Crippen LogP contribution is -2.64. The summed E-state index contributed by atoms with van der Waals surface area (Å²) in [5, 5.41) is 10.7. The lowest BCUT2D eigenvalue weighted by molar-refractivity contribution is -0.145. The number of carbonyl (C=O) groups is 5. The minimum atomic E-state index is -3.44. The van der Waals surface area contributed by atoms with E-state index in [1.165, 1.54) is 11.0 Å². The number of Topliss-reactive ketones (excluding diaryl/α,β-unsaturated/α-hetero) is 1. The van der Waals surface area contributed by atoms with Crippen molar-refractivity contribution >= 4 is 39.4 Å². The molecule has 0 aromatic rings. The van der Waals surface area contributed by atoms with Crippen molar-refractivity contribution in [1.29, 1.82) is 0 Å². The van der Waals surface area contributed by atoms with Crippen LogP contribution in [0.4, 0.5) is 4.79 Å². The molecular formula is C37H57N5O7S. The van der Waals surface area contributed by atoms with Gasteiger partial charge in [0.15, 0.2) is 9.84 Å². The first-order valence-corrected chi connectivity index (χ1v) is 19.9. The van der Waals surface area contributed by atoms with Crippen molar-refractivity contribution in [2.24, 2.45) is 22.7 Å². The van der Waals surface area contributed by atoms with Crippen LogP contribution in [0.2, 0.25) is 0 Å². The minimum absolute atomic E-state index is 0.0266. The van der Waals surface area contributed by atoms with Gasteiger partial charge in [0.25, 0.3) is 5.91 Å². The highest BCUT2D eigenvalue weighted by Crippen LogP contribution is 2.65. The Hall–Kier alpha value is -3.40. The molecule has 3 saturated carbocycles. The summed E-state index contributed by atoms with van der Waals surface area (Å²) < 4.78 is 26.9. The third-order valence-electron chi connectivity index (χ3n) is 11.5. The van der Waals surface area contributed by atoms with Gasteiger partial charge in [-0.3, -0.25) is 19.2 Å². The maximum atomic E-state index is 14.5. The Morgan fingerprint density at radius 3 is 2.24 bits per heavy atom. The molecule has 0 spiro atoms. The Labute approximate surface area is 298 Å². The minimum Gasteiger partial charge on any atom is -0.346 e. The fourth-order valence-electron chi connectivity index (χ4n) is 8.48. The Morgan fingerprint density at radius 1 is 1.02 bits per heavy atom. The topological polar surface area (TPSA) is 171 Å². The van der Waals surface area contributed by atoms with E-state index in [1.54, 1.807) is 0 Å². The number of rotatable bonds is 14. The fourth-order valence-corrected chi connectivity index (χ4v) is 10.9. The van der Waals surface area contributed by atoms with Crippen molar-refractivity contribution < 1.29 is 32.4 Å². The molecule has 278 valence electrons. The first-order chi connectivity index (χ1) is 23.4. The van der Waals surface area contributed by atoms with Crippen molar-refractivity contribution in [3.8, 4) is 12.3 Å². The summed E-state index contributed by atoms with van der Waals surface area (Å²) in [5.41, 5.74) is -1.94. The van der Waals surface area contributed by atoms with Crippen LogP contribution in [0.15, 0.2) is 12.7 Å². The maximum absolute atomic E-state index is 14.5. The second-order valence-corrected chi connectivity index (χ2v) is 18.8. The average Bonchev–Trinajstić information content (AvgIpc) is 3.51. The molecule has 0 aromatic heterocycles. The number of carbonyl (C=O) groups excluding carboxylic acids is 5. The number of amides is 5. The largest absolute Gasteiger partial charge is 0.346 e. The van der Waals surface area contributed by atoms with Gasteiger partial charge >= 0.3 is 6.03 Å². The van der Waals surface area contributed by atoms with Crippen molar-refractivity contribution in [3.63, 3.8) is 0 Å². The van der Waals surface area contributed by atoms with E-state index in [2.05, 4.69) is 33.8 Å². The number of likely N-dealkylation sites (tertiary alicyclic amines) is 1. The number of hydrogen-bond acceptors (Lipinski definition) is 7. The van der Waals surface area contributed by atoms with Crippen LogP contribution in [0.3, 0.4) is 0 Å². The van der Waals surface area contributed by atoms with Crippen molar-refractivity contribution in [1.82, 2.24) is 26.2 Å². The molecule has 12 nitrogen and oxygen atoms in total. The molecule has 0 bridgehead atoms. The number of ketones is 1. The van der Waals surface area contributed by atoms with Gasteiger partial charge in [0.2, 0.25) is 17.6 Å². The van der Waals surface area contributed by atoms with Gasteiger partial charge in [0.1, 0.15) is 12.1 Å². The highest BCUT2D eigenvalue weighted by molar-refractivity contribution is 7.92. The average molecular weight is 716 g/mol. The van der Waals surface area contributed by atoms with Crippen LogP contribution in [-0.4, -0.2) is 90.6 Å². The number of nitrogens with zero attached hydrogens (tertiary/aromatic N) is 1. The summed E-state index contributed by atoms with van der Waals surface area (Å²) in [5.74, 6) is -0.543. The Balaban J connectivity index is 1.54. The Kier molecular flexibility index (Phi) is 12.2. The summed E-state index contributed by atoms with van der Waals surface area (Å²) in [6, 6.07) is -3.78. The number of terminal acetylenes is 1. The van der Waals surface area contributed by atoms with Gasteiger partial charge < -0.3 is 26.2 Å². The van der Waals surface area contributed by atoms with E-state index in [-0.39, 0.29) is 54.2 Å². The SMILES string of the molecule is C#CCCC(NC(=O)[C@@H]1[C@@H]2C(CN1C(=O)[C@@H](NC(=O)NC1(CS(=O)(=O)C3CCCC3)CCCCC1)C(C)(C)C)C2(C)C)C(=O)C(=O)NCC=C. The number of fused-ring (bicyclic) bond motifs is 1. The number of urea groups is 1. The first kappa shape index (κ1) is 39.4. The standard InChI is InChI=1S/C37H57N5O7S/c1-8-10-18-26(29(43)32(45)38-21-9-2)39-31(44)28-27-25(36(27,6)7)22-42(28)33(46)30(35(3,4)5)40-34(47)41-37(19-14-11-15-20-37)23-50(48,49)24-16-12-13-17-24/h1,9,24-28,30H,2,10-23H2,3-7H3,(H,38,45)(H,39,44)(H2,40,41,47)/t25?,26?,27-,28-,30+/m0/s1. The molecular weight excluding hydrogens is 659 g/mol. The molecule has 4 N–H and O–H groups in total. The van der Waals surface area contributed by atoms with Gasteiger partial charge in [-0.25, -0.2) is 13.2 Å². The van der Waals surface area contributed by atoms with Crippen LogP contribution in [0, 0.1) is 35.0 Å². The summed E-state index contributed by atoms with van der Waals surface area (Å²) in [7, 11) is -3.44. The molecule has 0 radical (unpaired) electrons. The molecule has 4 aliphatic rings. The number of sulfone groups is 1. The van der Waals surface area contributed by atoms with Crippen LogP contribution in [0.1, 0.15) is 105 Å². The summed E-state index contributed by atoms with van der Waals surface area (Å²) in [4.78, 5) is 69.3. The molecule has 13 heteroatoms. The van der Waals surface area contributed by atoms with Crippen molar-refractivity contribution in [2.45, 2.75) is 134 Å². The quantitative estimate of drug-likeness (QED) is 0.122. The van der Waals surface area contributed by atoms with Crippen LogP contribution in [-0.2, 0) is 29.0 Å². The molecule has 50 heavy (non-hydrogen) atoms. The van der Waals surface area contributed by atoms with Gasteiger partial charge in [0, 0.05) is 19.5 Å². The maximum Gasteiger partial charge on any atom is 0.315 e. The van der Waals surface area contributed by atoms with Gasteiger partial charge in [-0.15, -0.1) is 18.9 Å². The van der Waals surface area contributed by atoms with Gasteiger partial charge in [-0.1, -0.05) is 72.8 Å². The molecule has 5 amide bonds. The zero-order chi connectivity index (χ0) is 37.1. The normalized spacial score (nSPS) is 25.3. The highest BCUT2D eigenvalue weighted by Gasteiger charge is 2.70. The zero-order valence-corrected chi connectivity index (χ0v) is 31.3. The molecule has 1 aliphatic heterocycles. The lowest BCUT2D eigenvalue weighted by Gasteiger charge is -2.41. The van der Waals surface area contributed by atoms with Gasteiger partial charge in [-0.2, -0.15) is 0 Å². The van der Waals surface area contributed by atoms with Crippen molar-refractivity contribution in [2.75, 3.05) is 18.8 Å². The highest BCUT2D eigenvalue weighted by atomic mass is 32.2. The van der Waals surface area contributed by atoms with Gasteiger partial charge in [0.05, 0.1) is 22.6 Å². The van der Waals surface area contributed by atoms with E-state index in [0.717, 1.165) is 32.1 Å². The first-order valence-electron chi connectivity index (χ1n) is 18.2. The predicted molar refractivity (Wildman–Crippen MR) is 191 cm³/mol. The summed E-state index contributed by atoms with van der Waals surface area (Å²) in [6.45, 7) is 13.4. The number of nitrogens with one attached hydrogen (secondary N) is 4. The third-order valence-corrected chi connectivity index (χ3v) is 13.9. The monoisotopic (exact) mass is 715 g/mol. The Morgan fingerprint density at radius 2 is 1.66 bits per heavy atom.